The number of nitro groups is 1. The van der Waals surface area contributed by atoms with Crippen LogP contribution in [0.4, 0.5) is 5.00 Å². The van der Waals surface area contributed by atoms with Crippen LogP contribution in [0.5, 0.6) is 0 Å². The van der Waals surface area contributed by atoms with Gasteiger partial charge >= 0.3 is 5.00 Å². The van der Waals surface area contributed by atoms with Gasteiger partial charge in [0.2, 0.25) is 0 Å². The van der Waals surface area contributed by atoms with Crippen LogP contribution in [0.1, 0.15) is 15.2 Å². The lowest BCUT2D eigenvalue weighted by Gasteiger charge is -2.16. The van der Waals surface area contributed by atoms with E-state index in [2.05, 4.69) is 15.9 Å². The van der Waals surface area contributed by atoms with E-state index in [9.17, 15) is 14.9 Å². The highest BCUT2D eigenvalue weighted by Gasteiger charge is 2.18. The smallest absolute Gasteiger partial charge is 0.324 e. The van der Waals surface area contributed by atoms with Crippen molar-refractivity contribution in [1.29, 1.82) is 0 Å². The van der Waals surface area contributed by atoms with E-state index < -0.39 is 4.92 Å². The van der Waals surface area contributed by atoms with Gasteiger partial charge in [-0.15, -0.1) is 0 Å². The lowest BCUT2D eigenvalue weighted by Crippen LogP contribution is -2.25. The van der Waals surface area contributed by atoms with Crippen LogP contribution in [0.3, 0.4) is 0 Å². The highest BCUT2D eigenvalue weighted by molar-refractivity contribution is 9.10. The monoisotopic (exact) mass is 354 g/mol. The maximum atomic E-state index is 12.2. The number of thiophene rings is 1. The summed E-state index contributed by atoms with van der Waals surface area (Å²) in [6.45, 7) is 0.456. The van der Waals surface area contributed by atoms with Gasteiger partial charge in [-0.1, -0.05) is 39.4 Å². The second kappa shape index (κ2) is 6.15. The van der Waals surface area contributed by atoms with Gasteiger partial charge < -0.3 is 4.90 Å². The Balaban J connectivity index is 2.07. The molecular weight excluding hydrogens is 344 g/mol. The van der Waals surface area contributed by atoms with Crippen LogP contribution in [0.15, 0.2) is 40.9 Å². The van der Waals surface area contributed by atoms with Gasteiger partial charge in [-0.3, -0.25) is 14.9 Å². The molecule has 1 amide bonds. The van der Waals surface area contributed by atoms with E-state index in [-0.39, 0.29) is 10.9 Å². The average molecular weight is 355 g/mol. The van der Waals surface area contributed by atoms with Crippen LogP contribution in [-0.2, 0) is 6.54 Å². The predicted molar refractivity (Wildman–Crippen MR) is 80.9 cm³/mol. The van der Waals surface area contributed by atoms with Crippen LogP contribution >= 0.6 is 27.3 Å². The number of amides is 1. The summed E-state index contributed by atoms with van der Waals surface area (Å²) in [5.74, 6) is -0.217. The van der Waals surface area contributed by atoms with Gasteiger partial charge in [0.1, 0.15) is 0 Å². The number of carbonyl (C=O) groups excluding carboxylic acids is 1. The van der Waals surface area contributed by atoms with Crippen LogP contribution in [0.2, 0.25) is 0 Å². The fourth-order valence-electron chi connectivity index (χ4n) is 1.66. The fraction of sp³-hybridized carbons (Fsp3) is 0.154. The molecule has 104 valence electrons. The second-order valence-corrected chi connectivity index (χ2v) is 6.16. The molecule has 1 aromatic carbocycles. The minimum atomic E-state index is -0.490. The van der Waals surface area contributed by atoms with E-state index in [0.717, 1.165) is 21.4 Å². The molecule has 0 unspecified atom stereocenters. The number of carbonyl (C=O) groups is 1. The van der Waals surface area contributed by atoms with Crippen molar-refractivity contribution < 1.29 is 9.72 Å². The van der Waals surface area contributed by atoms with Gasteiger partial charge in [-0.05, 0) is 23.8 Å². The van der Waals surface area contributed by atoms with Gasteiger partial charge in [0, 0.05) is 24.1 Å². The van der Waals surface area contributed by atoms with Gasteiger partial charge in [0.25, 0.3) is 5.91 Å². The lowest BCUT2D eigenvalue weighted by atomic mass is 10.2. The van der Waals surface area contributed by atoms with Crippen molar-refractivity contribution >= 4 is 38.2 Å². The standard InChI is InChI=1S/C13H11BrN2O3S/c1-15(8-9-2-4-10(14)5-3-9)13(17)11-6-7-12(20-11)16(18)19/h2-7H,8H2,1H3. The average Bonchev–Trinajstić information content (AvgIpc) is 2.90. The van der Waals surface area contributed by atoms with Gasteiger partial charge in [-0.25, -0.2) is 0 Å². The largest absolute Gasteiger partial charge is 0.337 e. The Morgan fingerprint density at radius 2 is 1.95 bits per heavy atom. The molecule has 2 aromatic rings. The molecule has 7 heteroatoms. The normalized spacial score (nSPS) is 10.3. The third-order valence-corrected chi connectivity index (χ3v) is 4.22. The third-order valence-electron chi connectivity index (χ3n) is 2.66. The van der Waals surface area contributed by atoms with Crippen LogP contribution in [-0.4, -0.2) is 22.8 Å². The summed E-state index contributed by atoms with van der Waals surface area (Å²) in [6, 6.07) is 10.5. The zero-order chi connectivity index (χ0) is 14.7. The first kappa shape index (κ1) is 14.7. The molecule has 0 atom stereocenters. The van der Waals surface area contributed by atoms with E-state index in [1.807, 2.05) is 24.3 Å². The lowest BCUT2D eigenvalue weighted by molar-refractivity contribution is -0.380. The van der Waals surface area contributed by atoms with E-state index in [4.69, 9.17) is 0 Å². The zero-order valence-corrected chi connectivity index (χ0v) is 13.0. The maximum Gasteiger partial charge on any atom is 0.324 e. The molecule has 0 aliphatic rings. The van der Waals surface area contributed by atoms with Crippen LogP contribution < -0.4 is 0 Å². The van der Waals surface area contributed by atoms with Crippen molar-refractivity contribution in [2.75, 3.05) is 7.05 Å². The van der Waals surface area contributed by atoms with E-state index >= 15 is 0 Å². The summed E-state index contributed by atoms with van der Waals surface area (Å²) in [5.41, 5.74) is 0.995. The predicted octanol–water partition coefficient (Wildman–Crippen LogP) is 3.69. The minimum absolute atomic E-state index is 0.0228. The van der Waals surface area contributed by atoms with Crippen molar-refractivity contribution in [3.63, 3.8) is 0 Å². The Bertz CT molecular complexity index is 639. The van der Waals surface area contributed by atoms with E-state index in [1.54, 1.807) is 11.9 Å². The number of hydrogen-bond donors (Lipinski definition) is 0. The third kappa shape index (κ3) is 3.43. The summed E-state index contributed by atoms with van der Waals surface area (Å²) < 4.78 is 0.976. The molecular formula is C13H11BrN2O3S. The summed E-state index contributed by atoms with van der Waals surface area (Å²) in [4.78, 5) is 24.2. The SMILES string of the molecule is CN(Cc1ccc(Br)cc1)C(=O)c1ccc([N+](=O)[O-])s1. The summed E-state index contributed by atoms with van der Waals surface area (Å²) >= 11 is 4.24. The Morgan fingerprint density at radius 1 is 1.30 bits per heavy atom. The molecule has 0 saturated carbocycles. The number of hydrogen-bond acceptors (Lipinski definition) is 4. The highest BCUT2D eigenvalue weighted by atomic mass is 79.9. The van der Waals surface area contributed by atoms with Gasteiger partial charge in [0.15, 0.2) is 0 Å². The van der Waals surface area contributed by atoms with E-state index in [1.165, 1.54) is 12.1 Å². The Morgan fingerprint density at radius 3 is 2.50 bits per heavy atom. The number of rotatable bonds is 4. The van der Waals surface area contributed by atoms with E-state index in [0.29, 0.717) is 11.4 Å². The van der Waals surface area contributed by atoms with Gasteiger partial charge in [-0.2, -0.15) is 0 Å². The molecule has 2 rings (SSSR count). The van der Waals surface area contributed by atoms with Crippen molar-refractivity contribution in [1.82, 2.24) is 4.90 Å². The first-order valence-electron chi connectivity index (χ1n) is 5.71. The number of nitrogens with zero attached hydrogens (tertiary/aromatic N) is 2. The first-order valence-corrected chi connectivity index (χ1v) is 7.32. The van der Waals surface area contributed by atoms with Crippen molar-refractivity contribution in [3.05, 3.63) is 61.4 Å². The second-order valence-electron chi connectivity index (χ2n) is 4.18. The number of halogens is 1. The van der Waals surface area contributed by atoms with Crippen LogP contribution in [0, 0.1) is 10.1 Å². The molecule has 1 heterocycles. The van der Waals surface area contributed by atoms with Crippen LogP contribution in [0.25, 0.3) is 0 Å². The van der Waals surface area contributed by atoms with Crippen molar-refractivity contribution in [2.45, 2.75) is 6.54 Å². The minimum Gasteiger partial charge on any atom is -0.337 e. The summed E-state index contributed by atoms with van der Waals surface area (Å²) in [7, 11) is 1.68. The molecule has 0 radical (unpaired) electrons. The van der Waals surface area contributed by atoms with Crippen molar-refractivity contribution in [2.24, 2.45) is 0 Å². The fourth-order valence-corrected chi connectivity index (χ4v) is 2.74. The first-order chi connectivity index (χ1) is 9.47. The molecule has 5 nitrogen and oxygen atoms in total. The molecule has 0 fully saturated rings. The molecule has 0 bridgehead atoms. The zero-order valence-electron chi connectivity index (χ0n) is 10.6. The molecule has 20 heavy (non-hydrogen) atoms. The number of benzene rings is 1. The molecule has 0 spiro atoms. The Hall–Kier alpha value is -1.73. The quantitative estimate of drug-likeness (QED) is 0.621. The molecule has 0 aliphatic carbocycles. The van der Waals surface area contributed by atoms with Gasteiger partial charge in [0.05, 0.1) is 9.80 Å². The molecule has 1 aromatic heterocycles. The molecule has 0 saturated heterocycles. The Kier molecular flexibility index (Phi) is 4.51. The molecule has 0 N–H and O–H groups in total. The summed E-state index contributed by atoms with van der Waals surface area (Å²) in [5, 5.41) is 10.6. The topological polar surface area (TPSA) is 63.5 Å². The summed E-state index contributed by atoms with van der Waals surface area (Å²) in [6.07, 6.45) is 0. The Labute approximate surface area is 128 Å². The maximum absolute atomic E-state index is 12.2. The molecule has 0 aliphatic heterocycles. The van der Waals surface area contributed by atoms with Crippen molar-refractivity contribution in [3.8, 4) is 0 Å². The highest BCUT2D eigenvalue weighted by Crippen LogP contribution is 2.25.